The molecule has 8 atom stereocenters. The second-order valence-electron chi connectivity index (χ2n) is 14.9. The van der Waals surface area contributed by atoms with Gasteiger partial charge in [0.15, 0.2) is 5.82 Å². The first-order chi connectivity index (χ1) is 16.8. The molecule has 4 unspecified atom stereocenters. The van der Waals surface area contributed by atoms with E-state index in [0.717, 1.165) is 50.8 Å². The molecule has 0 amide bonds. The number of H-pyrrole nitrogens is 1. The van der Waals surface area contributed by atoms with Crippen LogP contribution >= 0.6 is 0 Å². The molecule has 36 heavy (non-hydrogen) atoms. The van der Waals surface area contributed by atoms with Crippen LogP contribution in [0.1, 0.15) is 103 Å². The number of rotatable bonds is 2. The highest BCUT2D eigenvalue weighted by Crippen LogP contribution is 2.71. The highest BCUT2D eigenvalue weighted by molar-refractivity contribution is 5.76. The van der Waals surface area contributed by atoms with Gasteiger partial charge in [-0.25, -0.2) is 0 Å². The molecule has 0 aromatic carbocycles. The number of allylic oxidation sites excluding steroid dienone is 2. The maximum atomic E-state index is 12.8. The molecule has 3 saturated carbocycles. The van der Waals surface area contributed by atoms with Gasteiger partial charge in [-0.2, -0.15) is 5.10 Å². The standard InChI is InChI=1S/C31H47N3O2/c1-18-21-10-12-29(4)22-11-13-31(27(35)36)15-14-28(2,3)17-23(31)19(22)8-9-24(29)30(21,5)16-20-25(18)32-33-26(20)34(6)7/h8,18,21-24H,9-17H2,1-7H3,(H,32,33)(H,35,36)/t18-,21?,22?,23?,24?,29+,30+,31-/m1/s1. The van der Waals surface area contributed by atoms with Crippen LogP contribution < -0.4 is 4.90 Å². The Hall–Kier alpha value is -1.78. The smallest absolute Gasteiger partial charge is 0.310 e. The van der Waals surface area contributed by atoms with Gasteiger partial charge >= 0.3 is 5.97 Å². The number of carbonyl (C=O) groups is 1. The number of hydrogen-bond acceptors (Lipinski definition) is 3. The quantitative estimate of drug-likeness (QED) is 0.444. The van der Waals surface area contributed by atoms with Gasteiger partial charge in [0.25, 0.3) is 0 Å². The molecule has 6 rings (SSSR count). The fourth-order valence-electron chi connectivity index (χ4n) is 10.6. The molecular weight excluding hydrogens is 446 g/mol. The summed E-state index contributed by atoms with van der Waals surface area (Å²) in [5, 5.41) is 18.7. The topological polar surface area (TPSA) is 69.2 Å². The van der Waals surface area contributed by atoms with Crippen molar-refractivity contribution in [3.63, 3.8) is 0 Å². The molecule has 5 heteroatoms. The number of aromatic nitrogens is 2. The SMILES string of the molecule is C[C@H]1c2[nH]nc(N(C)C)c2C[C@@]2(C)C1CC[C@@]1(C)C3CC[C@@]4(C(=O)O)CCC(C)(C)CC4C3=CCC12. The number of aromatic amines is 1. The molecule has 5 aliphatic rings. The van der Waals surface area contributed by atoms with Crippen molar-refractivity contribution < 1.29 is 9.90 Å². The van der Waals surface area contributed by atoms with E-state index in [2.05, 4.69) is 64.8 Å². The van der Waals surface area contributed by atoms with E-state index in [0.29, 0.717) is 23.7 Å². The van der Waals surface area contributed by atoms with E-state index in [4.69, 9.17) is 5.10 Å². The van der Waals surface area contributed by atoms with Gasteiger partial charge in [0.2, 0.25) is 0 Å². The molecule has 0 bridgehead atoms. The lowest BCUT2D eigenvalue weighted by Gasteiger charge is -2.66. The normalized spacial score (nSPS) is 44.8. The van der Waals surface area contributed by atoms with Gasteiger partial charge in [-0.1, -0.05) is 46.3 Å². The second kappa shape index (κ2) is 7.63. The largest absolute Gasteiger partial charge is 0.481 e. The third-order valence-electron chi connectivity index (χ3n) is 12.5. The average molecular weight is 494 g/mol. The molecule has 198 valence electrons. The van der Waals surface area contributed by atoms with E-state index in [1.54, 1.807) is 5.57 Å². The van der Waals surface area contributed by atoms with Crippen molar-refractivity contribution in [2.24, 2.45) is 45.3 Å². The van der Waals surface area contributed by atoms with E-state index in [9.17, 15) is 9.90 Å². The number of carboxylic acids is 1. The summed E-state index contributed by atoms with van der Waals surface area (Å²) in [7, 11) is 4.22. The fourth-order valence-corrected chi connectivity index (χ4v) is 10.6. The molecule has 1 aromatic heterocycles. The van der Waals surface area contributed by atoms with Gasteiger partial charge in [0.1, 0.15) is 0 Å². The van der Waals surface area contributed by atoms with Crippen LogP contribution in [0.2, 0.25) is 0 Å². The third kappa shape index (κ3) is 3.07. The maximum absolute atomic E-state index is 12.8. The molecule has 1 aromatic rings. The number of carboxylic acid groups (broad SMARTS) is 1. The summed E-state index contributed by atoms with van der Waals surface area (Å²) >= 11 is 0. The predicted octanol–water partition coefficient (Wildman–Crippen LogP) is 6.81. The first-order valence-corrected chi connectivity index (χ1v) is 14.5. The number of fused-ring (bicyclic) bond motifs is 8. The number of nitrogens with zero attached hydrogens (tertiary/aromatic N) is 2. The third-order valence-corrected chi connectivity index (χ3v) is 12.5. The lowest BCUT2D eigenvalue weighted by molar-refractivity contribution is -0.164. The average Bonchev–Trinajstić information content (AvgIpc) is 3.22. The highest BCUT2D eigenvalue weighted by atomic mass is 16.4. The van der Waals surface area contributed by atoms with Gasteiger partial charge in [-0.3, -0.25) is 9.89 Å². The lowest BCUT2D eigenvalue weighted by atomic mass is 9.38. The summed E-state index contributed by atoms with van der Waals surface area (Å²) in [5.74, 6) is 3.14. The van der Waals surface area contributed by atoms with Gasteiger partial charge in [0.05, 0.1) is 5.41 Å². The number of hydrogen-bond donors (Lipinski definition) is 2. The summed E-state index contributed by atoms with van der Waals surface area (Å²) < 4.78 is 0. The van der Waals surface area contributed by atoms with Crippen LogP contribution in [0.15, 0.2) is 11.6 Å². The molecular formula is C31H47N3O2. The van der Waals surface area contributed by atoms with Crippen LogP contribution in [-0.4, -0.2) is 35.4 Å². The van der Waals surface area contributed by atoms with Crippen LogP contribution in [-0.2, 0) is 11.2 Å². The zero-order valence-electron chi connectivity index (χ0n) is 23.6. The van der Waals surface area contributed by atoms with Crippen molar-refractivity contribution in [1.29, 1.82) is 0 Å². The Morgan fingerprint density at radius 1 is 1.06 bits per heavy atom. The highest BCUT2D eigenvalue weighted by Gasteiger charge is 2.64. The van der Waals surface area contributed by atoms with Crippen LogP contribution in [0.25, 0.3) is 0 Å². The molecule has 2 N–H and O–H groups in total. The van der Waals surface area contributed by atoms with Gasteiger partial charge in [-0.15, -0.1) is 0 Å². The van der Waals surface area contributed by atoms with Crippen LogP contribution in [0.4, 0.5) is 5.82 Å². The molecule has 0 aliphatic heterocycles. The van der Waals surface area contributed by atoms with Crippen molar-refractivity contribution in [2.45, 2.75) is 98.3 Å². The zero-order valence-corrected chi connectivity index (χ0v) is 23.6. The summed E-state index contributed by atoms with van der Waals surface area (Å²) in [5.41, 5.74) is 4.53. The van der Waals surface area contributed by atoms with E-state index >= 15 is 0 Å². The van der Waals surface area contributed by atoms with Crippen molar-refractivity contribution in [1.82, 2.24) is 10.2 Å². The van der Waals surface area contributed by atoms with E-state index in [1.165, 1.54) is 24.1 Å². The minimum absolute atomic E-state index is 0.215. The minimum Gasteiger partial charge on any atom is -0.481 e. The second-order valence-corrected chi connectivity index (χ2v) is 14.9. The Bertz CT molecular complexity index is 1120. The summed E-state index contributed by atoms with van der Waals surface area (Å²) in [6, 6.07) is 0. The van der Waals surface area contributed by atoms with Gasteiger partial charge in [0, 0.05) is 31.3 Å². The summed E-state index contributed by atoms with van der Waals surface area (Å²) in [4.78, 5) is 14.9. The Morgan fingerprint density at radius 2 is 1.81 bits per heavy atom. The van der Waals surface area contributed by atoms with E-state index in [1.807, 2.05) is 0 Å². The van der Waals surface area contributed by atoms with Gasteiger partial charge in [-0.05, 0) is 97.7 Å². The lowest BCUT2D eigenvalue weighted by Crippen LogP contribution is -2.59. The number of nitrogens with one attached hydrogen (secondary N) is 1. The van der Waals surface area contributed by atoms with Crippen LogP contribution in [0.3, 0.4) is 0 Å². The molecule has 0 radical (unpaired) electrons. The van der Waals surface area contributed by atoms with Crippen molar-refractivity contribution in [3.8, 4) is 0 Å². The molecule has 3 fully saturated rings. The van der Waals surface area contributed by atoms with Crippen molar-refractivity contribution >= 4 is 11.8 Å². The minimum atomic E-state index is -0.534. The monoisotopic (exact) mass is 493 g/mol. The van der Waals surface area contributed by atoms with E-state index in [-0.39, 0.29) is 22.2 Å². The van der Waals surface area contributed by atoms with Crippen LogP contribution in [0.5, 0.6) is 0 Å². The Morgan fingerprint density at radius 3 is 2.50 bits per heavy atom. The number of aliphatic carboxylic acids is 1. The first kappa shape index (κ1) is 24.6. The van der Waals surface area contributed by atoms with Crippen LogP contribution in [0, 0.1) is 45.3 Å². The van der Waals surface area contributed by atoms with E-state index < -0.39 is 11.4 Å². The summed E-state index contributed by atoms with van der Waals surface area (Å²) in [6.45, 7) is 12.3. The summed E-state index contributed by atoms with van der Waals surface area (Å²) in [6.07, 6.45) is 12.2. The van der Waals surface area contributed by atoms with Gasteiger partial charge < -0.3 is 10.0 Å². The van der Waals surface area contributed by atoms with Crippen molar-refractivity contribution in [2.75, 3.05) is 19.0 Å². The Labute approximate surface area is 217 Å². The zero-order chi connectivity index (χ0) is 25.8. The van der Waals surface area contributed by atoms with Crippen molar-refractivity contribution in [3.05, 3.63) is 22.9 Å². The molecule has 5 nitrogen and oxygen atoms in total. The number of anilines is 1. The maximum Gasteiger partial charge on any atom is 0.310 e. The molecule has 5 aliphatic carbocycles. The molecule has 0 spiro atoms. The molecule has 1 heterocycles. The fraction of sp³-hybridized carbons (Fsp3) is 0.806. The predicted molar refractivity (Wildman–Crippen MR) is 144 cm³/mol. The Kier molecular flexibility index (Phi) is 5.20. The Balaban J connectivity index is 1.41. The first-order valence-electron chi connectivity index (χ1n) is 14.5. The molecule has 0 saturated heterocycles.